The highest BCUT2D eigenvalue weighted by atomic mass is 35.5. The van der Waals surface area contributed by atoms with Crippen molar-refractivity contribution in [2.75, 3.05) is 0 Å². The quantitative estimate of drug-likeness (QED) is 0.580. The summed E-state index contributed by atoms with van der Waals surface area (Å²) < 4.78 is 0.493. The molecule has 21 heavy (non-hydrogen) atoms. The van der Waals surface area contributed by atoms with Crippen molar-refractivity contribution in [3.05, 3.63) is 50.2 Å². The first-order valence-electron chi connectivity index (χ1n) is 5.83. The van der Waals surface area contributed by atoms with Gasteiger partial charge in [0.2, 0.25) is 0 Å². The third-order valence-electron chi connectivity index (χ3n) is 2.75. The smallest absolute Gasteiger partial charge is 0.263 e. The molecule has 0 atom stereocenters. The van der Waals surface area contributed by atoms with Crippen LogP contribution in [0.1, 0.15) is 4.88 Å². The minimum absolute atomic E-state index is 0.144. The van der Waals surface area contributed by atoms with Crippen LogP contribution < -0.4 is 5.32 Å². The average molecular weight is 372 g/mol. The zero-order valence-corrected chi connectivity index (χ0v) is 14.3. The average Bonchev–Trinajstić information content (AvgIpc) is 3.01. The van der Waals surface area contributed by atoms with Crippen LogP contribution in [-0.2, 0) is 4.79 Å². The summed E-state index contributed by atoms with van der Waals surface area (Å²) >= 11 is 19.8. The van der Waals surface area contributed by atoms with Gasteiger partial charge in [0.25, 0.3) is 5.91 Å². The number of nitrogens with one attached hydrogen (secondary N) is 1. The van der Waals surface area contributed by atoms with E-state index in [2.05, 4.69) is 5.32 Å². The number of thiophene rings is 1. The number of thioether (sulfide) groups is 1. The van der Waals surface area contributed by atoms with Gasteiger partial charge in [0, 0.05) is 9.75 Å². The first-order chi connectivity index (χ1) is 10.0. The van der Waals surface area contributed by atoms with Gasteiger partial charge in [0.1, 0.15) is 4.32 Å². The molecule has 1 aromatic heterocycles. The minimum atomic E-state index is -0.144. The number of benzene rings is 1. The van der Waals surface area contributed by atoms with E-state index in [0.29, 0.717) is 19.3 Å². The summed E-state index contributed by atoms with van der Waals surface area (Å²) in [6, 6.07) is 9.48. The van der Waals surface area contributed by atoms with Crippen molar-refractivity contribution in [1.29, 1.82) is 0 Å². The van der Waals surface area contributed by atoms with Crippen LogP contribution in [0.3, 0.4) is 0 Å². The fourth-order valence-corrected chi connectivity index (χ4v) is 4.14. The van der Waals surface area contributed by atoms with Crippen LogP contribution in [-0.4, -0.2) is 10.2 Å². The van der Waals surface area contributed by atoms with Crippen molar-refractivity contribution < 1.29 is 4.79 Å². The fraction of sp³-hybridized carbons (Fsp3) is 0. The number of hydrogen-bond acceptors (Lipinski definition) is 4. The van der Waals surface area contributed by atoms with Crippen LogP contribution in [0.25, 0.3) is 16.5 Å². The molecule has 1 aromatic carbocycles. The zero-order valence-electron chi connectivity index (χ0n) is 10.4. The lowest BCUT2D eigenvalue weighted by molar-refractivity contribution is -0.115. The molecule has 0 saturated carbocycles. The summed E-state index contributed by atoms with van der Waals surface area (Å²) in [6.07, 6.45) is 1.84. The predicted molar refractivity (Wildman–Crippen MR) is 96.1 cm³/mol. The normalized spacial score (nSPS) is 16.6. The molecule has 2 aromatic rings. The second-order valence-corrected chi connectivity index (χ2v) is 7.83. The summed E-state index contributed by atoms with van der Waals surface area (Å²) in [6.45, 7) is 0. The molecule has 3 rings (SSSR count). The van der Waals surface area contributed by atoms with Crippen LogP contribution >= 0.6 is 58.5 Å². The maximum atomic E-state index is 11.6. The molecule has 0 aliphatic carbocycles. The lowest BCUT2D eigenvalue weighted by Crippen LogP contribution is -2.17. The maximum Gasteiger partial charge on any atom is 0.263 e. The maximum absolute atomic E-state index is 11.6. The predicted octanol–water partition coefficient (Wildman–Crippen LogP) is 5.21. The van der Waals surface area contributed by atoms with E-state index in [0.717, 1.165) is 15.3 Å². The standard InChI is InChI=1S/C14H7Cl2NOS3/c15-9-3-1-7(5-10(9)16)11-4-2-8(20-11)6-12-13(18)17-14(19)21-12/h1-6H,(H,17,18,19). The van der Waals surface area contributed by atoms with Gasteiger partial charge in [-0.25, -0.2) is 0 Å². The largest absolute Gasteiger partial charge is 0.307 e. The molecule has 2 nitrogen and oxygen atoms in total. The van der Waals surface area contributed by atoms with Crippen LogP contribution in [0.4, 0.5) is 0 Å². The second-order valence-electron chi connectivity index (χ2n) is 4.18. The molecule has 0 radical (unpaired) electrons. The molecular formula is C14H7Cl2NOS3. The highest BCUT2D eigenvalue weighted by molar-refractivity contribution is 8.26. The summed E-state index contributed by atoms with van der Waals surface area (Å²) in [4.78, 5) is 14.3. The Balaban J connectivity index is 1.90. The van der Waals surface area contributed by atoms with Crippen LogP contribution in [0.2, 0.25) is 10.0 Å². The van der Waals surface area contributed by atoms with Gasteiger partial charge in [-0.1, -0.05) is 53.2 Å². The van der Waals surface area contributed by atoms with Crippen molar-refractivity contribution in [3.8, 4) is 10.4 Å². The van der Waals surface area contributed by atoms with Gasteiger partial charge >= 0.3 is 0 Å². The van der Waals surface area contributed by atoms with Crippen molar-refractivity contribution in [1.82, 2.24) is 5.32 Å². The molecule has 0 unspecified atom stereocenters. The van der Waals surface area contributed by atoms with E-state index in [1.807, 2.05) is 30.3 Å². The highest BCUT2D eigenvalue weighted by Crippen LogP contribution is 2.35. The molecule has 0 spiro atoms. The first kappa shape index (κ1) is 15.1. The Labute approximate surface area is 145 Å². The molecule has 2 heterocycles. The Morgan fingerprint density at radius 2 is 1.95 bits per heavy atom. The van der Waals surface area contributed by atoms with E-state index in [-0.39, 0.29) is 5.91 Å². The van der Waals surface area contributed by atoms with E-state index in [1.54, 1.807) is 17.4 Å². The second kappa shape index (κ2) is 6.10. The lowest BCUT2D eigenvalue weighted by atomic mass is 10.2. The van der Waals surface area contributed by atoms with Crippen molar-refractivity contribution >= 4 is 74.8 Å². The molecular weight excluding hydrogens is 365 g/mol. The zero-order chi connectivity index (χ0) is 15.0. The van der Waals surface area contributed by atoms with E-state index in [1.165, 1.54) is 11.8 Å². The third kappa shape index (κ3) is 3.33. The lowest BCUT2D eigenvalue weighted by Gasteiger charge is -1.99. The van der Waals surface area contributed by atoms with Gasteiger partial charge in [-0.05, 0) is 35.9 Å². The van der Waals surface area contributed by atoms with Crippen LogP contribution in [0.15, 0.2) is 35.2 Å². The minimum Gasteiger partial charge on any atom is -0.307 e. The Bertz CT molecular complexity index is 782. The van der Waals surface area contributed by atoms with Gasteiger partial charge in [0.15, 0.2) is 0 Å². The molecule has 0 bridgehead atoms. The van der Waals surface area contributed by atoms with Crippen molar-refractivity contribution in [3.63, 3.8) is 0 Å². The Kier molecular flexibility index (Phi) is 4.38. The van der Waals surface area contributed by atoms with E-state index < -0.39 is 0 Å². The van der Waals surface area contributed by atoms with Crippen molar-refractivity contribution in [2.45, 2.75) is 0 Å². The Hall–Kier alpha value is -0.850. The number of carbonyl (C=O) groups is 1. The van der Waals surface area contributed by atoms with E-state index in [9.17, 15) is 4.79 Å². The number of hydrogen-bond donors (Lipinski definition) is 1. The molecule has 106 valence electrons. The monoisotopic (exact) mass is 371 g/mol. The summed E-state index contributed by atoms with van der Waals surface area (Å²) in [5.74, 6) is -0.144. The van der Waals surface area contributed by atoms with Gasteiger partial charge in [-0.2, -0.15) is 0 Å². The van der Waals surface area contributed by atoms with Gasteiger partial charge < -0.3 is 5.32 Å². The first-order valence-corrected chi connectivity index (χ1v) is 8.63. The number of amides is 1. The van der Waals surface area contributed by atoms with Crippen molar-refractivity contribution in [2.24, 2.45) is 0 Å². The third-order valence-corrected chi connectivity index (χ3v) is 5.73. The molecule has 1 aliphatic heterocycles. The number of carbonyl (C=O) groups excluding carboxylic acids is 1. The van der Waals surface area contributed by atoms with Gasteiger partial charge in [-0.15, -0.1) is 11.3 Å². The van der Waals surface area contributed by atoms with Crippen LogP contribution in [0.5, 0.6) is 0 Å². The molecule has 1 saturated heterocycles. The van der Waals surface area contributed by atoms with E-state index in [4.69, 9.17) is 35.4 Å². The molecule has 1 N–H and O–H groups in total. The number of halogens is 2. The molecule has 7 heteroatoms. The summed E-state index contributed by atoms with van der Waals surface area (Å²) in [7, 11) is 0. The van der Waals surface area contributed by atoms with Gasteiger partial charge in [0.05, 0.1) is 15.0 Å². The Morgan fingerprint density at radius 3 is 2.62 bits per heavy atom. The molecule has 1 fully saturated rings. The number of thiocarbonyl (C=S) groups is 1. The highest BCUT2D eigenvalue weighted by Gasteiger charge is 2.22. The SMILES string of the molecule is O=C1NC(=S)SC1=Cc1ccc(-c2ccc(Cl)c(Cl)c2)s1. The summed E-state index contributed by atoms with van der Waals surface area (Å²) in [5, 5.41) is 3.66. The van der Waals surface area contributed by atoms with Crippen LogP contribution in [0, 0.1) is 0 Å². The summed E-state index contributed by atoms with van der Waals surface area (Å²) in [5.41, 5.74) is 0.998. The molecule has 1 aliphatic rings. The fourth-order valence-electron chi connectivity index (χ4n) is 1.79. The Morgan fingerprint density at radius 1 is 1.14 bits per heavy atom. The topological polar surface area (TPSA) is 29.1 Å². The van der Waals surface area contributed by atoms with Gasteiger partial charge in [-0.3, -0.25) is 4.79 Å². The molecule has 1 amide bonds. The van der Waals surface area contributed by atoms with E-state index >= 15 is 0 Å². The number of rotatable bonds is 2.